The second kappa shape index (κ2) is 6.42. The van der Waals surface area contributed by atoms with Gasteiger partial charge >= 0.3 is 0 Å². The molecule has 1 amide bonds. The van der Waals surface area contributed by atoms with Crippen LogP contribution in [0, 0.1) is 0 Å². The molecular weight excluding hydrogens is 220 g/mol. The van der Waals surface area contributed by atoms with Crippen LogP contribution < -0.4 is 5.32 Å². The van der Waals surface area contributed by atoms with Crippen molar-refractivity contribution in [2.45, 2.75) is 13.3 Å². The first kappa shape index (κ1) is 12.9. The van der Waals surface area contributed by atoms with Gasteiger partial charge in [-0.05, 0) is 12.1 Å². The highest BCUT2D eigenvalue weighted by atomic mass is 16.5. The van der Waals surface area contributed by atoms with Crippen LogP contribution >= 0.6 is 0 Å². The minimum Gasteiger partial charge on any atom is -0.491 e. The largest absolute Gasteiger partial charge is 0.491 e. The molecule has 0 aliphatic carbocycles. The van der Waals surface area contributed by atoms with E-state index in [-0.39, 0.29) is 17.4 Å². The number of nitrogens with zero attached hydrogens (tertiary/aromatic N) is 1. The fourth-order valence-corrected chi connectivity index (χ4v) is 1.20. The number of carbonyl (C=O) groups is 2. The Labute approximate surface area is 99.5 Å². The van der Waals surface area contributed by atoms with Crippen LogP contribution in [-0.4, -0.2) is 24.3 Å². The van der Waals surface area contributed by atoms with E-state index in [2.05, 4.69) is 10.3 Å². The minimum atomic E-state index is -0.206. The van der Waals surface area contributed by atoms with Crippen molar-refractivity contribution in [2.24, 2.45) is 0 Å². The number of allylic oxidation sites excluding steroid dienone is 1. The van der Waals surface area contributed by atoms with Gasteiger partial charge in [0.1, 0.15) is 5.70 Å². The molecule has 0 aliphatic heterocycles. The van der Waals surface area contributed by atoms with Crippen molar-refractivity contribution >= 4 is 17.9 Å². The van der Waals surface area contributed by atoms with Gasteiger partial charge in [-0.15, -0.1) is 0 Å². The summed E-state index contributed by atoms with van der Waals surface area (Å²) < 4.78 is 4.92. The van der Waals surface area contributed by atoms with Crippen LogP contribution in [0.2, 0.25) is 0 Å². The highest BCUT2D eigenvalue weighted by molar-refractivity contribution is 5.92. The zero-order valence-electron chi connectivity index (χ0n) is 9.77. The second-order valence-corrected chi connectivity index (χ2v) is 3.18. The zero-order chi connectivity index (χ0) is 12.7. The summed E-state index contributed by atoms with van der Waals surface area (Å²) in [7, 11) is 1.37. The van der Waals surface area contributed by atoms with Gasteiger partial charge in [-0.25, -0.2) is 0 Å². The van der Waals surface area contributed by atoms with Crippen LogP contribution in [0.1, 0.15) is 19.0 Å². The van der Waals surface area contributed by atoms with Crippen molar-refractivity contribution in [1.29, 1.82) is 0 Å². The van der Waals surface area contributed by atoms with Gasteiger partial charge in [-0.2, -0.15) is 0 Å². The van der Waals surface area contributed by atoms with Crippen molar-refractivity contribution in [1.82, 2.24) is 10.3 Å². The number of carbonyl (C=O) groups excluding carboxylic acids is 2. The molecule has 17 heavy (non-hydrogen) atoms. The maximum atomic E-state index is 11.4. The summed E-state index contributed by atoms with van der Waals surface area (Å²) in [6.07, 6.45) is 2.43. The van der Waals surface area contributed by atoms with E-state index in [0.717, 1.165) is 0 Å². The van der Waals surface area contributed by atoms with Gasteiger partial charge in [0, 0.05) is 12.6 Å². The summed E-state index contributed by atoms with van der Waals surface area (Å²) in [5, 5.41) is 2.61. The van der Waals surface area contributed by atoms with Crippen molar-refractivity contribution in [3.8, 4) is 0 Å². The normalized spacial score (nSPS) is 11.4. The van der Waals surface area contributed by atoms with Gasteiger partial charge < -0.3 is 10.1 Å². The number of aromatic nitrogens is 1. The van der Waals surface area contributed by atoms with Crippen molar-refractivity contribution < 1.29 is 14.3 Å². The summed E-state index contributed by atoms with van der Waals surface area (Å²) >= 11 is 0. The molecule has 1 aromatic heterocycles. The summed E-state index contributed by atoms with van der Waals surface area (Å²) in [6.45, 7) is 1.72. The molecule has 90 valence electrons. The van der Waals surface area contributed by atoms with E-state index in [1.165, 1.54) is 7.11 Å². The number of nitrogens with one attached hydrogen (secondary N) is 1. The molecule has 5 nitrogen and oxygen atoms in total. The maximum absolute atomic E-state index is 11.4. The average Bonchev–Trinajstić information content (AvgIpc) is 2.39. The SMILES string of the molecule is CCC(=O)N/C(=C(\C=O)OC)c1ccccn1. The molecule has 0 atom stereocenters. The molecule has 0 saturated carbocycles. The summed E-state index contributed by atoms with van der Waals surface area (Å²) in [6, 6.07) is 5.20. The number of ether oxygens (including phenoxy) is 1. The van der Waals surface area contributed by atoms with E-state index in [9.17, 15) is 9.59 Å². The molecular formula is C12H14N2O3. The standard InChI is InChI=1S/C12H14N2O3/c1-3-11(16)14-12(10(8-15)17-2)9-6-4-5-7-13-9/h4-8H,3H2,1-2H3,(H,14,16)/b12-10+. The topological polar surface area (TPSA) is 68.3 Å². The van der Waals surface area contributed by atoms with E-state index in [4.69, 9.17) is 4.74 Å². The van der Waals surface area contributed by atoms with Gasteiger partial charge in [-0.1, -0.05) is 13.0 Å². The lowest BCUT2D eigenvalue weighted by Gasteiger charge is -2.10. The molecule has 1 aromatic rings. The van der Waals surface area contributed by atoms with Crippen LogP contribution in [0.5, 0.6) is 0 Å². The minimum absolute atomic E-state index is 0.0468. The molecule has 0 unspecified atom stereocenters. The number of hydrogen-bond acceptors (Lipinski definition) is 4. The molecule has 5 heteroatoms. The number of amides is 1. The fraction of sp³-hybridized carbons (Fsp3) is 0.250. The lowest BCUT2D eigenvalue weighted by molar-refractivity contribution is -0.119. The molecule has 0 aromatic carbocycles. The van der Waals surface area contributed by atoms with E-state index in [0.29, 0.717) is 18.4 Å². The van der Waals surface area contributed by atoms with Gasteiger partial charge in [0.15, 0.2) is 12.0 Å². The van der Waals surface area contributed by atoms with E-state index in [1.807, 2.05) is 0 Å². The quantitative estimate of drug-likeness (QED) is 0.471. The van der Waals surface area contributed by atoms with E-state index in [1.54, 1.807) is 31.3 Å². The number of pyridine rings is 1. The van der Waals surface area contributed by atoms with Gasteiger partial charge in [0.25, 0.3) is 0 Å². The Morgan fingerprint density at radius 1 is 1.53 bits per heavy atom. The number of hydrogen-bond donors (Lipinski definition) is 1. The third-order valence-corrected chi connectivity index (χ3v) is 2.08. The average molecular weight is 234 g/mol. The molecule has 0 radical (unpaired) electrons. The van der Waals surface area contributed by atoms with Crippen LogP contribution in [0.3, 0.4) is 0 Å². The molecule has 1 N–H and O–H groups in total. The van der Waals surface area contributed by atoms with Crippen molar-refractivity contribution in [2.75, 3.05) is 7.11 Å². The van der Waals surface area contributed by atoms with Crippen LogP contribution in [0.25, 0.3) is 5.70 Å². The van der Waals surface area contributed by atoms with Crippen LogP contribution in [-0.2, 0) is 14.3 Å². The third kappa shape index (κ3) is 3.41. The Bertz CT molecular complexity index is 427. The number of rotatable bonds is 5. The highest BCUT2D eigenvalue weighted by Crippen LogP contribution is 2.13. The first-order valence-corrected chi connectivity index (χ1v) is 5.17. The van der Waals surface area contributed by atoms with E-state index >= 15 is 0 Å². The van der Waals surface area contributed by atoms with Gasteiger partial charge in [0.2, 0.25) is 5.91 Å². The van der Waals surface area contributed by atoms with Crippen LogP contribution in [0.15, 0.2) is 30.2 Å². The van der Waals surface area contributed by atoms with Crippen LogP contribution in [0.4, 0.5) is 0 Å². The first-order valence-electron chi connectivity index (χ1n) is 5.17. The second-order valence-electron chi connectivity index (χ2n) is 3.18. The Morgan fingerprint density at radius 3 is 2.76 bits per heavy atom. The predicted molar refractivity (Wildman–Crippen MR) is 62.7 cm³/mol. The van der Waals surface area contributed by atoms with Gasteiger partial charge in [-0.3, -0.25) is 14.6 Å². The smallest absolute Gasteiger partial charge is 0.224 e. The summed E-state index contributed by atoms with van der Waals surface area (Å²) in [5.41, 5.74) is 0.771. The Hall–Kier alpha value is -2.17. The lowest BCUT2D eigenvalue weighted by Crippen LogP contribution is -2.23. The Kier molecular flexibility index (Phi) is 4.87. The van der Waals surface area contributed by atoms with E-state index < -0.39 is 0 Å². The van der Waals surface area contributed by atoms with Crippen molar-refractivity contribution in [3.63, 3.8) is 0 Å². The molecule has 0 bridgehead atoms. The number of aldehydes is 1. The monoisotopic (exact) mass is 234 g/mol. The highest BCUT2D eigenvalue weighted by Gasteiger charge is 2.13. The van der Waals surface area contributed by atoms with Gasteiger partial charge in [0.05, 0.1) is 12.8 Å². The third-order valence-electron chi connectivity index (χ3n) is 2.08. The molecule has 0 saturated heterocycles. The molecule has 0 spiro atoms. The number of methoxy groups -OCH3 is 1. The zero-order valence-corrected chi connectivity index (χ0v) is 9.77. The fourth-order valence-electron chi connectivity index (χ4n) is 1.20. The summed E-state index contributed by atoms with van der Waals surface area (Å²) in [4.78, 5) is 26.3. The molecule has 1 heterocycles. The Morgan fingerprint density at radius 2 is 2.29 bits per heavy atom. The Balaban J connectivity index is 3.16. The first-order chi connectivity index (χ1) is 8.22. The molecule has 0 fully saturated rings. The predicted octanol–water partition coefficient (Wildman–Crippen LogP) is 1.12. The summed E-state index contributed by atoms with van der Waals surface area (Å²) in [5.74, 6) is -0.160. The molecule has 1 rings (SSSR count). The van der Waals surface area contributed by atoms with Crippen molar-refractivity contribution in [3.05, 3.63) is 35.8 Å². The maximum Gasteiger partial charge on any atom is 0.224 e. The lowest BCUT2D eigenvalue weighted by atomic mass is 10.2. The molecule has 0 aliphatic rings.